The van der Waals surface area contributed by atoms with Gasteiger partial charge in [0.15, 0.2) is 5.78 Å². The summed E-state index contributed by atoms with van der Waals surface area (Å²) < 4.78 is 0. The van der Waals surface area contributed by atoms with Crippen LogP contribution in [0.1, 0.15) is 60.0 Å². The van der Waals surface area contributed by atoms with Crippen LogP contribution in [-0.4, -0.2) is 37.6 Å². The molecule has 1 N–H and O–H groups in total. The molecule has 0 atom stereocenters. The third kappa shape index (κ3) is 4.36. The van der Waals surface area contributed by atoms with Gasteiger partial charge in [0, 0.05) is 49.3 Å². The Morgan fingerprint density at radius 2 is 1.33 bits per heavy atom. The van der Waals surface area contributed by atoms with Crippen molar-refractivity contribution >= 4 is 11.7 Å². The first-order chi connectivity index (χ1) is 19.0. The van der Waals surface area contributed by atoms with Crippen LogP contribution in [0, 0.1) is 17.8 Å². The molecule has 198 valence electrons. The third-order valence-electron chi connectivity index (χ3n) is 9.54. The number of rotatable bonds is 7. The van der Waals surface area contributed by atoms with E-state index in [9.17, 15) is 9.59 Å². The number of pyridine rings is 2. The highest BCUT2D eigenvalue weighted by atomic mass is 16.2. The van der Waals surface area contributed by atoms with Gasteiger partial charge >= 0.3 is 0 Å². The Labute approximate surface area is 229 Å². The van der Waals surface area contributed by atoms with Gasteiger partial charge in [0.05, 0.1) is 5.54 Å². The van der Waals surface area contributed by atoms with Gasteiger partial charge < -0.3 is 5.32 Å². The molecule has 8 rings (SSSR count). The first-order valence-electron chi connectivity index (χ1n) is 14.2. The third-order valence-corrected chi connectivity index (χ3v) is 9.54. The molecule has 5 aliphatic rings. The predicted octanol–water partition coefficient (Wildman–Crippen LogP) is 5.13. The molecule has 1 amide bonds. The average molecular weight is 519 g/mol. The number of hydrogen-bond acceptors (Lipinski definition) is 5. The van der Waals surface area contributed by atoms with Crippen molar-refractivity contribution in [1.29, 1.82) is 0 Å². The number of allylic oxidation sites excluding steroid dienone is 1. The molecule has 2 aromatic heterocycles. The summed E-state index contributed by atoms with van der Waals surface area (Å²) in [6, 6.07) is 17.3. The molecule has 0 spiro atoms. The second-order valence-electron chi connectivity index (χ2n) is 12.3. The molecule has 39 heavy (non-hydrogen) atoms. The zero-order valence-corrected chi connectivity index (χ0v) is 22.1. The fourth-order valence-corrected chi connectivity index (χ4v) is 8.40. The molecular formula is C33H34N4O2. The van der Waals surface area contributed by atoms with Crippen molar-refractivity contribution in [3.8, 4) is 0 Å². The average Bonchev–Trinajstić information content (AvgIpc) is 3.20. The van der Waals surface area contributed by atoms with Gasteiger partial charge in [-0.25, -0.2) is 0 Å². The van der Waals surface area contributed by atoms with Crippen LogP contribution >= 0.6 is 0 Å². The molecule has 0 radical (unpaired) electrons. The SMILES string of the molecule is O=C(C=C1NC(Cc2ccncc2)(Cc2ccncc2)C(=O)N1C12CC3CC(CC(C3)C1)C2)c1ccccc1. The van der Waals surface area contributed by atoms with E-state index >= 15 is 0 Å². The highest BCUT2D eigenvalue weighted by molar-refractivity contribution is 6.06. The van der Waals surface area contributed by atoms with E-state index in [1.807, 2.05) is 54.6 Å². The smallest absolute Gasteiger partial charge is 0.255 e. The van der Waals surface area contributed by atoms with E-state index in [2.05, 4.69) is 20.2 Å². The number of ketones is 1. The Morgan fingerprint density at radius 1 is 0.821 bits per heavy atom. The van der Waals surface area contributed by atoms with Gasteiger partial charge in [-0.3, -0.25) is 24.5 Å². The zero-order valence-electron chi connectivity index (χ0n) is 22.1. The van der Waals surface area contributed by atoms with Gasteiger partial charge in [-0.05, 0) is 91.7 Å². The van der Waals surface area contributed by atoms with Crippen LogP contribution < -0.4 is 5.32 Å². The zero-order chi connectivity index (χ0) is 26.5. The predicted molar refractivity (Wildman–Crippen MR) is 148 cm³/mol. The van der Waals surface area contributed by atoms with Crippen molar-refractivity contribution in [2.24, 2.45) is 17.8 Å². The summed E-state index contributed by atoms with van der Waals surface area (Å²) >= 11 is 0. The van der Waals surface area contributed by atoms with Crippen molar-refractivity contribution in [2.75, 3.05) is 0 Å². The summed E-state index contributed by atoms with van der Waals surface area (Å²) in [7, 11) is 0. The number of nitrogens with zero attached hydrogens (tertiary/aromatic N) is 3. The lowest BCUT2D eigenvalue weighted by Gasteiger charge is -2.59. The van der Waals surface area contributed by atoms with Crippen LogP contribution in [0.3, 0.4) is 0 Å². The minimum absolute atomic E-state index is 0.0794. The Bertz CT molecular complexity index is 1330. The number of carbonyl (C=O) groups is 2. The van der Waals surface area contributed by atoms with Gasteiger partial charge in [-0.2, -0.15) is 0 Å². The normalized spacial score (nSPS) is 29.5. The van der Waals surface area contributed by atoms with Gasteiger partial charge in [-0.1, -0.05) is 30.3 Å². The maximum atomic E-state index is 15.0. The van der Waals surface area contributed by atoms with Gasteiger partial charge in [-0.15, -0.1) is 0 Å². The molecule has 1 aromatic carbocycles. The number of nitrogens with one attached hydrogen (secondary N) is 1. The lowest BCUT2D eigenvalue weighted by atomic mass is 9.52. The lowest BCUT2D eigenvalue weighted by molar-refractivity contribution is -0.146. The van der Waals surface area contributed by atoms with E-state index < -0.39 is 5.54 Å². The molecule has 3 aromatic rings. The molecule has 3 heterocycles. The van der Waals surface area contributed by atoms with E-state index in [1.54, 1.807) is 30.9 Å². The Hall–Kier alpha value is -3.80. The fraction of sp³-hybridized carbons (Fsp3) is 0.394. The van der Waals surface area contributed by atoms with Crippen molar-refractivity contribution < 1.29 is 9.59 Å². The molecule has 6 heteroatoms. The summed E-state index contributed by atoms with van der Waals surface area (Å²) in [6.45, 7) is 0. The van der Waals surface area contributed by atoms with E-state index in [-0.39, 0.29) is 17.2 Å². The topological polar surface area (TPSA) is 75.2 Å². The lowest BCUT2D eigenvalue weighted by Crippen LogP contribution is -2.61. The van der Waals surface area contributed by atoms with Crippen molar-refractivity contribution in [2.45, 2.75) is 62.4 Å². The number of amides is 1. The molecule has 6 nitrogen and oxygen atoms in total. The van der Waals surface area contributed by atoms with Crippen LogP contribution in [-0.2, 0) is 17.6 Å². The van der Waals surface area contributed by atoms with Crippen molar-refractivity contribution in [1.82, 2.24) is 20.2 Å². The minimum atomic E-state index is -0.908. The molecule has 4 bridgehead atoms. The van der Waals surface area contributed by atoms with Crippen LogP contribution in [0.2, 0.25) is 0 Å². The van der Waals surface area contributed by atoms with E-state index in [0.29, 0.717) is 42.0 Å². The van der Waals surface area contributed by atoms with Crippen LogP contribution in [0.15, 0.2) is 91.3 Å². The Balaban J connectivity index is 1.34. The molecule has 1 aliphatic heterocycles. The largest absolute Gasteiger partial charge is 0.357 e. The van der Waals surface area contributed by atoms with Gasteiger partial charge in [0.25, 0.3) is 5.91 Å². The summed E-state index contributed by atoms with van der Waals surface area (Å²) in [5.74, 6) is 2.69. The summed E-state index contributed by atoms with van der Waals surface area (Å²) in [6.07, 6.45) is 16.8. The van der Waals surface area contributed by atoms with Crippen LogP contribution in [0.4, 0.5) is 0 Å². The van der Waals surface area contributed by atoms with E-state index in [1.165, 1.54) is 19.3 Å². The molecule has 5 fully saturated rings. The molecule has 4 saturated carbocycles. The molecule has 4 aliphatic carbocycles. The van der Waals surface area contributed by atoms with Crippen molar-refractivity contribution in [3.63, 3.8) is 0 Å². The molecule has 0 unspecified atom stereocenters. The van der Waals surface area contributed by atoms with E-state index in [0.717, 1.165) is 30.4 Å². The Morgan fingerprint density at radius 3 is 1.85 bits per heavy atom. The summed E-state index contributed by atoms with van der Waals surface area (Å²) in [5.41, 5.74) is 1.59. The molecular weight excluding hydrogens is 484 g/mol. The minimum Gasteiger partial charge on any atom is -0.357 e. The highest BCUT2D eigenvalue weighted by Crippen LogP contribution is 2.59. The standard InChI is InChI=1S/C33H34N4O2/c38-29(28-4-2-1-3-5-28)17-30-36-33(21-23-6-10-34-11-7-23,22-24-8-12-35-13-9-24)31(39)37(30)32-18-25-14-26(19-32)16-27(15-25)20-32/h1-13,17,25-27,36H,14-16,18-22H2. The number of aromatic nitrogens is 2. The second kappa shape index (κ2) is 9.44. The second-order valence-corrected chi connectivity index (χ2v) is 12.3. The van der Waals surface area contributed by atoms with Crippen LogP contribution in [0.25, 0.3) is 0 Å². The van der Waals surface area contributed by atoms with E-state index in [4.69, 9.17) is 0 Å². The number of carbonyl (C=O) groups excluding carboxylic acids is 2. The maximum absolute atomic E-state index is 15.0. The number of hydrogen-bond donors (Lipinski definition) is 1. The van der Waals surface area contributed by atoms with Crippen LogP contribution in [0.5, 0.6) is 0 Å². The van der Waals surface area contributed by atoms with Gasteiger partial charge in [0.2, 0.25) is 0 Å². The maximum Gasteiger partial charge on any atom is 0.255 e. The first kappa shape index (κ1) is 24.3. The quantitative estimate of drug-likeness (QED) is 0.347. The Kier molecular flexibility index (Phi) is 5.87. The first-order valence-corrected chi connectivity index (χ1v) is 14.2. The summed E-state index contributed by atoms with van der Waals surface area (Å²) in [5, 5.41) is 3.70. The fourth-order valence-electron chi connectivity index (χ4n) is 8.40. The molecule has 1 saturated heterocycles. The van der Waals surface area contributed by atoms with Gasteiger partial charge in [0.1, 0.15) is 11.4 Å². The summed E-state index contributed by atoms with van der Waals surface area (Å²) in [4.78, 5) is 39.0. The van der Waals surface area contributed by atoms with Crippen molar-refractivity contribution in [3.05, 3.63) is 108 Å². The number of benzene rings is 1. The monoisotopic (exact) mass is 518 g/mol. The highest BCUT2D eigenvalue weighted by Gasteiger charge is 2.61.